The molecule has 0 aromatic heterocycles. The molecule has 0 bridgehead atoms. The van der Waals surface area contributed by atoms with Gasteiger partial charge in [0.05, 0.1) is 12.0 Å². The Labute approximate surface area is 131 Å². The Morgan fingerprint density at radius 3 is 3.00 bits per heavy atom. The van der Waals surface area contributed by atoms with Gasteiger partial charge in [-0.25, -0.2) is 0 Å². The first-order valence-corrected chi connectivity index (χ1v) is 8.42. The fourth-order valence-corrected chi connectivity index (χ4v) is 4.70. The van der Waals surface area contributed by atoms with Crippen molar-refractivity contribution in [2.45, 2.75) is 30.6 Å². The summed E-state index contributed by atoms with van der Waals surface area (Å²) in [5.74, 6) is 1.67. The van der Waals surface area contributed by atoms with E-state index in [2.05, 4.69) is 47.8 Å². The van der Waals surface area contributed by atoms with Gasteiger partial charge in [0.25, 0.3) is 0 Å². The minimum atomic E-state index is 0.190. The summed E-state index contributed by atoms with van der Waals surface area (Å²) in [5, 5.41) is 3.57. The van der Waals surface area contributed by atoms with Gasteiger partial charge in [-0.05, 0) is 53.6 Å². The molecule has 0 saturated carbocycles. The van der Waals surface area contributed by atoms with E-state index >= 15 is 0 Å². The van der Waals surface area contributed by atoms with Gasteiger partial charge in [-0.15, -0.1) is 0 Å². The van der Waals surface area contributed by atoms with Crippen LogP contribution in [0.1, 0.15) is 34.6 Å². The molecule has 112 valence electrons. The number of ether oxygens (including phenoxy) is 1. The lowest BCUT2D eigenvalue weighted by Gasteiger charge is -2.46. The van der Waals surface area contributed by atoms with Crippen molar-refractivity contribution in [2.75, 3.05) is 19.7 Å². The van der Waals surface area contributed by atoms with Crippen LogP contribution in [0.3, 0.4) is 0 Å². The van der Waals surface area contributed by atoms with E-state index in [-0.39, 0.29) is 5.41 Å². The quantitative estimate of drug-likeness (QED) is 0.937. The van der Waals surface area contributed by atoms with Crippen molar-refractivity contribution in [3.8, 4) is 5.75 Å². The van der Waals surface area contributed by atoms with E-state index in [1.54, 1.807) is 0 Å². The van der Waals surface area contributed by atoms with Gasteiger partial charge in [0.1, 0.15) is 5.75 Å². The summed E-state index contributed by atoms with van der Waals surface area (Å²) in [5.41, 5.74) is 6.21. The molecule has 1 heterocycles. The van der Waals surface area contributed by atoms with Gasteiger partial charge in [0, 0.05) is 19.0 Å². The van der Waals surface area contributed by atoms with Crippen LogP contribution in [0.25, 0.3) is 0 Å². The minimum Gasteiger partial charge on any atom is -0.493 e. The summed E-state index contributed by atoms with van der Waals surface area (Å²) in [6.07, 6.45) is 3.74. The van der Waals surface area contributed by atoms with Crippen LogP contribution in [0.2, 0.25) is 0 Å². The Bertz CT molecular complexity index is 738. The Hall–Kier alpha value is -1.80. The van der Waals surface area contributed by atoms with Gasteiger partial charge in [0.2, 0.25) is 0 Å². The highest BCUT2D eigenvalue weighted by Crippen LogP contribution is 2.53. The van der Waals surface area contributed by atoms with E-state index < -0.39 is 0 Å². The number of rotatable bonds is 3. The summed E-state index contributed by atoms with van der Waals surface area (Å²) < 4.78 is 6.26. The summed E-state index contributed by atoms with van der Waals surface area (Å²) in [6.45, 7) is 2.92. The van der Waals surface area contributed by atoms with Crippen LogP contribution in [0.4, 0.5) is 0 Å². The average molecular weight is 291 g/mol. The standard InChI is InChI=1S/C20H21NO/c1-2-7-18-17(6-1)19-11-21-12-20(18,19)13-22-16-9-8-14-4-3-5-15(14)10-16/h1-2,6-10,19,21H,3-5,11-13H2/t19-,20-/m0/s1. The molecule has 1 saturated heterocycles. The molecule has 2 aromatic carbocycles. The second kappa shape index (κ2) is 4.60. The lowest BCUT2D eigenvalue weighted by atomic mass is 9.58. The zero-order chi connectivity index (χ0) is 14.6. The van der Waals surface area contributed by atoms with Gasteiger partial charge in [-0.3, -0.25) is 0 Å². The van der Waals surface area contributed by atoms with Crippen LogP contribution < -0.4 is 10.1 Å². The molecule has 2 heteroatoms. The molecule has 2 atom stereocenters. The average Bonchev–Trinajstić information content (AvgIpc) is 3.15. The monoisotopic (exact) mass is 291 g/mol. The van der Waals surface area contributed by atoms with Gasteiger partial charge in [0.15, 0.2) is 0 Å². The molecule has 0 unspecified atom stereocenters. The summed E-state index contributed by atoms with van der Waals surface area (Å²) in [4.78, 5) is 0. The number of aryl methyl sites for hydroxylation is 2. The van der Waals surface area contributed by atoms with Crippen LogP contribution in [0.15, 0.2) is 42.5 Å². The summed E-state index contributed by atoms with van der Waals surface area (Å²) >= 11 is 0. The molecule has 2 aromatic rings. The minimum absolute atomic E-state index is 0.190. The van der Waals surface area contributed by atoms with Crippen LogP contribution in [-0.4, -0.2) is 19.7 Å². The Balaban J connectivity index is 1.40. The first-order chi connectivity index (χ1) is 10.9. The van der Waals surface area contributed by atoms with Crippen LogP contribution >= 0.6 is 0 Å². The van der Waals surface area contributed by atoms with Gasteiger partial charge in [-0.1, -0.05) is 30.3 Å². The molecule has 5 rings (SSSR count). The summed E-state index contributed by atoms with van der Waals surface area (Å²) in [7, 11) is 0. The first-order valence-electron chi connectivity index (χ1n) is 8.42. The second-order valence-electron chi connectivity index (χ2n) is 7.00. The van der Waals surface area contributed by atoms with Crippen LogP contribution in [0, 0.1) is 0 Å². The lowest BCUT2D eigenvalue weighted by Crippen LogP contribution is -2.48. The number of hydrogen-bond acceptors (Lipinski definition) is 2. The molecular weight excluding hydrogens is 270 g/mol. The van der Waals surface area contributed by atoms with E-state index in [4.69, 9.17) is 4.74 Å². The molecule has 2 aliphatic carbocycles. The number of benzene rings is 2. The molecule has 3 aliphatic rings. The SMILES string of the molecule is c1ccc2c(c1)[C@@H]1CNC[C@]21COc1ccc2c(c1)CCC2. The number of hydrogen-bond donors (Lipinski definition) is 1. The Kier molecular flexibility index (Phi) is 2.66. The zero-order valence-electron chi connectivity index (χ0n) is 12.8. The molecule has 0 radical (unpaired) electrons. The summed E-state index contributed by atoms with van der Waals surface area (Å²) in [6, 6.07) is 15.6. The fraction of sp³-hybridized carbons (Fsp3) is 0.400. The molecule has 1 fully saturated rings. The normalized spacial score (nSPS) is 27.7. The molecule has 1 N–H and O–H groups in total. The molecule has 22 heavy (non-hydrogen) atoms. The van der Waals surface area contributed by atoms with E-state index in [0.29, 0.717) is 5.92 Å². The molecule has 1 aliphatic heterocycles. The van der Waals surface area contributed by atoms with Crippen LogP contribution in [0.5, 0.6) is 5.75 Å². The third-order valence-corrected chi connectivity index (χ3v) is 5.89. The smallest absolute Gasteiger partial charge is 0.119 e. The highest BCUT2D eigenvalue weighted by Gasteiger charge is 2.54. The van der Waals surface area contributed by atoms with Gasteiger partial charge < -0.3 is 10.1 Å². The van der Waals surface area contributed by atoms with E-state index in [1.807, 2.05) is 0 Å². The van der Waals surface area contributed by atoms with Crippen molar-refractivity contribution < 1.29 is 4.74 Å². The number of fused-ring (bicyclic) bond motifs is 5. The van der Waals surface area contributed by atoms with Crippen LogP contribution in [-0.2, 0) is 18.3 Å². The van der Waals surface area contributed by atoms with E-state index in [1.165, 1.54) is 41.5 Å². The predicted molar refractivity (Wildman–Crippen MR) is 87.7 cm³/mol. The van der Waals surface area contributed by atoms with Crippen molar-refractivity contribution in [3.05, 3.63) is 64.7 Å². The van der Waals surface area contributed by atoms with Gasteiger partial charge >= 0.3 is 0 Å². The van der Waals surface area contributed by atoms with Crippen molar-refractivity contribution >= 4 is 0 Å². The third-order valence-electron chi connectivity index (χ3n) is 5.89. The highest BCUT2D eigenvalue weighted by atomic mass is 16.5. The molecule has 0 spiro atoms. The van der Waals surface area contributed by atoms with Crippen molar-refractivity contribution in [1.29, 1.82) is 0 Å². The number of nitrogens with one attached hydrogen (secondary N) is 1. The third kappa shape index (κ3) is 1.65. The maximum atomic E-state index is 6.26. The van der Waals surface area contributed by atoms with Crippen molar-refractivity contribution in [3.63, 3.8) is 0 Å². The fourth-order valence-electron chi connectivity index (χ4n) is 4.70. The first kappa shape index (κ1) is 12.7. The van der Waals surface area contributed by atoms with Crippen molar-refractivity contribution in [2.24, 2.45) is 0 Å². The van der Waals surface area contributed by atoms with Gasteiger partial charge in [-0.2, -0.15) is 0 Å². The Morgan fingerprint density at radius 2 is 2.00 bits per heavy atom. The molecule has 0 amide bonds. The second-order valence-corrected chi connectivity index (χ2v) is 7.00. The topological polar surface area (TPSA) is 21.3 Å². The Morgan fingerprint density at radius 1 is 1.09 bits per heavy atom. The molecular formula is C20H21NO. The molecule has 2 nitrogen and oxygen atoms in total. The van der Waals surface area contributed by atoms with E-state index in [0.717, 1.165) is 25.4 Å². The highest BCUT2D eigenvalue weighted by molar-refractivity contribution is 5.53. The predicted octanol–water partition coefficient (Wildman–Crippen LogP) is 3.19. The van der Waals surface area contributed by atoms with E-state index in [9.17, 15) is 0 Å². The zero-order valence-corrected chi connectivity index (χ0v) is 12.8. The largest absolute Gasteiger partial charge is 0.493 e. The maximum Gasteiger partial charge on any atom is 0.119 e. The maximum absolute atomic E-state index is 6.26. The lowest BCUT2D eigenvalue weighted by molar-refractivity contribution is 0.190. The van der Waals surface area contributed by atoms with Crippen molar-refractivity contribution in [1.82, 2.24) is 5.32 Å².